The molecular formula is C18H23F3N2O3. The van der Waals surface area contributed by atoms with Crippen LogP contribution in [0.1, 0.15) is 20.8 Å². The zero-order chi connectivity index (χ0) is 19.1. The second-order valence-electron chi connectivity index (χ2n) is 7.85. The van der Waals surface area contributed by atoms with Gasteiger partial charge in [-0.2, -0.15) is 0 Å². The lowest BCUT2D eigenvalue weighted by Gasteiger charge is -2.26. The van der Waals surface area contributed by atoms with Crippen LogP contribution in [-0.4, -0.2) is 49.1 Å². The Balaban J connectivity index is 1.56. The first-order valence-electron chi connectivity index (χ1n) is 8.59. The van der Waals surface area contributed by atoms with Crippen molar-refractivity contribution in [1.82, 2.24) is 4.90 Å². The number of benzene rings is 1. The molecule has 2 aliphatic heterocycles. The van der Waals surface area contributed by atoms with E-state index in [4.69, 9.17) is 4.74 Å². The van der Waals surface area contributed by atoms with Crippen molar-refractivity contribution in [2.24, 2.45) is 11.8 Å². The van der Waals surface area contributed by atoms with Crippen molar-refractivity contribution >= 4 is 11.8 Å². The van der Waals surface area contributed by atoms with E-state index in [9.17, 15) is 18.0 Å². The van der Waals surface area contributed by atoms with Gasteiger partial charge in [-0.1, -0.05) is 0 Å². The fourth-order valence-corrected chi connectivity index (χ4v) is 3.54. The molecule has 0 N–H and O–H groups in total. The number of nitrogens with zero attached hydrogens (tertiary/aromatic N) is 2. The number of carbonyl (C=O) groups excluding carboxylic acids is 1. The Labute approximate surface area is 150 Å². The standard InChI is InChI=1S/C18H23F3N2O3/c1-17(2,3)26-16(24)23-10-12-8-22(9-13(12)11-23)14-4-6-15(7-5-14)25-18(19,20)21/h4-7,12-13H,8-11H2,1-3H3. The highest BCUT2D eigenvalue weighted by atomic mass is 19.4. The van der Waals surface area contributed by atoms with Crippen LogP contribution >= 0.6 is 0 Å². The highest BCUT2D eigenvalue weighted by molar-refractivity contribution is 5.68. The lowest BCUT2D eigenvalue weighted by Crippen LogP contribution is -2.37. The van der Waals surface area contributed by atoms with E-state index in [1.807, 2.05) is 20.8 Å². The maximum atomic E-state index is 12.2. The maximum Gasteiger partial charge on any atom is 0.573 e. The number of fused-ring (bicyclic) bond motifs is 1. The quantitative estimate of drug-likeness (QED) is 0.790. The van der Waals surface area contributed by atoms with E-state index in [-0.39, 0.29) is 11.8 Å². The van der Waals surface area contributed by atoms with Crippen LogP contribution in [-0.2, 0) is 4.74 Å². The summed E-state index contributed by atoms with van der Waals surface area (Å²) in [6.07, 6.45) is -4.97. The lowest BCUT2D eigenvalue weighted by atomic mass is 10.0. The molecule has 3 rings (SSSR count). The van der Waals surface area contributed by atoms with E-state index in [0.717, 1.165) is 18.8 Å². The van der Waals surface area contributed by atoms with E-state index in [0.29, 0.717) is 24.9 Å². The SMILES string of the molecule is CC(C)(C)OC(=O)N1CC2CN(c3ccc(OC(F)(F)F)cc3)CC2C1. The topological polar surface area (TPSA) is 42.0 Å². The average molecular weight is 372 g/mol. The molecule has 144 valence electrons. The van der Waals surface area contributed by atoms with Gasteiger partial charge in [-0.05, 0) is 45.0 Å². The van der Waals surface area contributed by atoms with Crippen LogP contribution in [0.15, 0.2) is 24.3 Å². The van der Waals surface area contributed by atoms with Gasteiger partial charge in [0.05, 0.1) is 0 Å². The minimum atomic E-state index is -4.68. The molecule has 0 radical (unpaired) electrons. The van der Waals surface area contributed by atoms with Gasteiger partial charge in [0.25, 0.3) is 0 Å². The van der Waals surface area contributed by atoms with E-state index in [2.05, 4.69) is 9.64 Å². The Morgan fingerprint density at radius 2 is 1.54 bits per heavy atom. The number of hydrogen-bond acceptors (Lipinski definition) is 4. The third-order valence-corrected chi connectivity index (χ3v) is 4.57. The number of carbonyl (C=O) groups is 1. The fourth-order valence-electron chi connectivity index (χ4n) is 3.54. The first-order chi connectivity index (χ1) is 12.0. The number of ether oxygens (including phenoxy) is 2. The summed E-state index contributed by atoms with van der Waals surface area (Å²) in [5.41, 5.74) is 0.346. The molecule has 8 heteroatoms. The fraction of sp³-hybridized carbons (Fsp3) is 0.611. The van der Waals surface area contributed by atoms with Crippen molar-refractivity contribution in [2.45, 2.75) is 32.7 Å². The summed E-state index contributed by atoms with van der Waals surface area (Å²) >= 11 is 0. The molecule has 2 heterocycles. The van der Waals surface area contributed by atoms with Crippen LogP contribution in [0.4, 0.5) is 23.7 Å². The normalized spacial score (nSPS) is 23.2. The molecule has 0 spiro atoms. The van der Waals surface area contributed by atoms with Gasteiger partial charge in [-0.15, -0.1) is 13.2 Å². The summed E-state index contributed by atoms with van der Waals surface area (Å²) in [7, 11) is 0. The molecule has 2 fully saturated rings. The van der Waals surface area contributed by atoms with Crippen LogP contribution in [0.25, 0.3) is 0 Å². The van der Waals surface area contributed by atoms with Crippen LogP contribution in [0.5, 0.6) is 5.75 Å². The number of alkyl halides is 3. The largest absolute Gasteiger partial charge is 0.573 e. The Hall–Kier alpha value is -2.12. The summed E-state index contributed by atoms with van der Waals surface area (Å²) in [6, 6.07) is 5.91. The molecule has 0 bridgehead atoms. The number of likely N-dealkylation sites (tertiary alicyclic amines) is 1. The molecule has 26 heavy (non-hydrogen) atoms. The van der Waals surface area contributed by atoms with Gasteiger partial charge in [0, 0.05) is 43.7 Å². The predicted octanol–water partition coefficient (Wildman–Crippen LogP) is 3.89. The summed E-state index contributed by atoms with van der Waals surface area (Å²) in [6.45, 7) is 8.35. The van der Waals surface area contributed by atoms with Gasteiger partial charge in [0.15, 0.2) is 0 Å². The van der Waals surface area contributed by atoms with E-state index in [1.54, 1.807) is 17.0 Å². The summed E-state index contributed by atoms with van der Waals surface area (Å²) in [5.74, 6) is 0.457. The molecule has 1 aromatic rings. The number of rotatable bonds is 2. The van der Waals surface area contributed by atoms with Gasteiger partial charge in [-0.3, -0.25) is 0 Å². The van der Waals surface area contributed by atoms with Gasteiger partial charge in [0.1, 0.15) is 11.4 Å². The molecule has 0 saturated carbocycles. The minimum absolute atomic E-state index is 0.225. The van der Waals surface area contributed by atoms with E-state index < -0.39 is 12.0 Å². The second-order valence-corrected chi connectivity index (χ2v) is 7.85. The van der Waals surface area contributed by atoms with Gasteiger partial charge < -0.3 is 19.3 Å². The molecule has 0 aromatic heterocycles. The molecule has 2 atom stereocenters. The highest BCUT2D eigenvalue weighted by Gasteiger charge is 2.42. The van der Waals surface area contributed by atoms with Crippen LogP contribution < -0.4 is 9.64 Å². The third kappa shape index (κ3) is 4.53. The smallest absolute Gasteiger partial charge is 0.444 e. The van der Waals surface area contributed by atoms with E-state index >= 15 is 0 Å². The molecule has 5 nitrogen and oxygen atoms in total. The second kappa shape index (κ2) is 6.55. The van der Waals surface area contributed by atoms with Crippen molar-refractivity contribution in [1.29, 1.82) is 0 Å². The Bertz CT molecular complexity index is 641. The zero-order valence-corrected chi connectivity index (χ0v) is 15.0. The Kier molecular flexibility index (Phi) is 4.71. The highest BCUT2D eigenvalue weighted by Crippen LogP contribution is 2.35. The summed E-state index contributed by atoms with van der Waals surface area (Å²) in [5, 5.41) is 0. The minimum Gasteiger partial charge on any atom is -0.444 e. The number of hydrogen-bond donors (Lipinski definition) is 0. The molecule has 1 aromatic carbocycles. The number of halogens is 3. The lowest BCUT2D eigenvalue weighted by molar-refractivity contribution is -0.274. The van der Waals surface area contributed by atoms with Crippen molar-refractivity contribution in [2.75, 3.05) is 31.1 Å². The van der Waals surface area contributed by atoms with Crippen molar-refractivity contribution < 1.29 is 27.4 Å². The van der Waals surface area contributed by atoms with Gasteiger partial charge in [0.2, 0.25) is 0 Å². The molecular weight excluding hydrogens is 349 g/mol. The van der Waals surface area contributed by atoms with Crippen LogP contribution in [0.3, 0.4) is 0 Å². The summed E-state index contributed by atoms with van der Waals surface area (Å²) < 4.78 is 46.0. The number of amides is 1. The van der Waals surface area contributed by atoms with Gasteiger partial charge in [-0.25, -0.2) is 4.79 Å². The first-order valence-corrected chi connectivity index (χ1v) is 8.59. The van der Waals surface area contributed by atoms with Crippen molar-refractivity contribution in [3.05, 3.63) is 24.3 Å². The predicted molar refractivity (Wildman–Crippen MR) is 90.1 cm³/mol. The average Bonchev–Trinajstić information content (AvgIpc) is 3.03. The molecule has 1 amide bonds. The monoisotopic (exact) mass is 372 g/mol. The summed E-state index contributed by atoms with van der Waals surface area (Å²) in [4.78, 5) is 16.1. The van der Waals surface area contributed by atoms with Crippen LogP contribution in [0, 0.1) is 11.8 Å². The maximum absolute atomic E-state index is 12.2. The van der Waals surface area contributed by atoms with Crippen molar-refractivity contribution in [3.63, 3.8) is 0 Å². The molecule has 2 unspecified atom stereocenters. The van der Waals surface area contributed by atoms with Crippen molar-refractivity contribution in [3.8, 4) is 5.75 Å². The third-order valence-electron chi connectivity index (χ3n) is 4.57. The van der Waals surface area contributed by atoms with Gasteiger partial charge >= 0.3 is 12.5 Å². The molecule has 2 aliphatic rings. The first kappa shape index (κ1) is 18.7. The Morgan fingerprint density at radius 1 is 1.00 bits per heavy atom. The van der Waals surface area contributed by atoms with Crippen LogP contribution in [0.2, 0.25) is 0 Å². The number of anilines is 1. The molecule has 2 saturated heterocycles. The van der Waals surface area contributed by atoms with E-state index in [1.165, 1.54) is 12.1 Å². The zero-order valence-electron chi connectivity index (χ0n) is 15.0. The molecule has 0 aliphatic carbocycles. The Morgan fingerprint density at radius 3 is 2.00 bits per heavy atom.